The van der Waals surface area contributed by atoms with E-state index < -0.39 is 0 Å². The number of hydrogen-bond acceptors (Lipinski definition) is 6. The van der Waals surface area contributed by atoms with E-state index in [-0.39, 0.29) is 18.1 Å². The highest BCUT2D eigenvalue weighted by molar-refractivity contribution is 6.11. The first kappa shape index (κ1) is 22.4. The van der Waals surface area contributed by atoms with Gasteiger partial charge in [-0.3, -0.25) is 5.41 Å². The Labute approximate surface area is 200 Å². The highest BCUT2D eigenvalue weighted by atomic mass is 19.1. The molecule has 6 nitrogen and oxygen atoms in total. The fourth-order valence-corrected chi connectivity index (χ4v) is 6.05. The second-order valence-corrected chi connectivity index (χ2v) is 10.8. The summed E-state index contributed by atoms with van der Waals surface area (Å²) in [5.74, 6) is 0.580. The summed E-state index contributed by atoms with van der Waals surface area (Å²) in [6.45, 7) is 8.42. The van der Waals surface area contributed by atoms with E-state index in [0.717, 1.165) is 12.2 Å². The monoisotopic (exact) mass is 458 g/mol. The van der Waals surface area contributed by atoms with Crippen LogP contribution >= 0.6 is 0 Å². The zero-order chi connectivity index (χ0) is 23.9. The van der Waals surface area contributed by atoms with Gasteiger partial charge in [0.2, 0.25) is 0 Å². The lowest BCUT2D eigenvalue weighted by atomic mass is 9.65. The van der Waals surface area contributed by atoms with Crippen LogP contribution in [0.4, 0.5) is 15.9 Å². The van der Waals surface area contributed by atoms with Crippen molar-refractivity contribution in [3.8, 4) is 0 Å². The molecule has 2 N–H and O–H groups in total. The summed E-state index contributed by atoms with van der Waals surface area (Å²) in [6.07, 6.45) is 8.96. The van der Waals surface area contributed by atoms with E-state index in [2.05, 4.69) is 45.9 Å². The quantitative estimate of drug-likeness (QED) is 0.481. The summed E-state index contributed by atoms with van der Waals surface area (Å²) in [5, 5.41) is 11.9. The van der Waals surface area contributed by atoms with E-state index in [1.807, 2.05) is 18.5 Å². The van der Waals surface area contributed by atoms with E-state index in [4.69, 9.17) is 5.41 Å². The number of pyridine rings is 1. The van der Waals surface area contributed by atoms with Crippen LogP contribution < -0.4 is 10.2 Å². The van der Waals surface area contributed by atoms with Crippen LogP contribution in [0, 0.1) is 22.1 Å². The van der Waals surface area contributed by atoms with Crippen molar-refractivity contribution in [2.24, 2.45) is 10.8 Å². The second kappa shape index (κ2) is 8.46. The molecule has 3 heterocycles. The molecule has 2 bridgehead atoms. The van der Waals surface area contributed by atoms with Crippen LogP contribution in [0.2, 0.25) is 0 Å². The van der Waals surface area contributed by atoms with Crippen LogP contribution in [0.15, 0.2) is 55.0 Å². The highest BCUT2D eigenvalue weighted by Crippen LogP contribution is 2.53. The minimum atomic E-state index is -0.273. The summed E-state index contributed by atoms with van der Waals surface area (Å²) >= 11 is 0. The third kappa shape index (κ3) is 4.39. The third-order valence-corrected chi connectivity index (χ3v) is 7.09. The van der Waals surface area contributed by atoms with E-state index in [1.165, 1.54) is 25.3 Å². The van der Waals surface area contributed by atoms with E-state index in [0.29, 0.717) is 39.6 Å². The molecule has 2 atom stereocenters. The first-order chi connectivity index (χ1) is 16.2. The molecule has 1 saturated carbocycles. The lowest BCUT2D eigenvalue weighted by molar-refractivity contribution is 0.136. The van der Waals surface area contributed by atoms with Gasteiger partial charge < -0.3 is 10.2 Å². The highest BCUT2D eigenvalue weighted by Gasteiger charge is 2.49. The minimum absolute atomic E-state index is 0.184. The molecule has 0 amide bonds. The average Bonchev–Trinajstić information content (AvgIpc) is 3.07. The van der Waals surface area contributed by atoms with Crippen LogP contribution in [0.1, 0.15) is 57.0 Å². The molecule has 2 aliphatic rings. The van der Waals surface area contributed by atoms with Gasteiger partial charge in [-0.2, -0.15) is 0 Å². The Kier molecular flexibility index (Phi) is 5.58. The normalized spacial score (nSPS) is 23.1. The molecule has 5 rings (SSSR count). The van der Waals surface area contributed by atoms with Crippen LogP contribution in [-0.4, -0.2) is 33.3 Å². The van der Waals surface area contributed by atoms with Crippen molar-refractivity contribution >= 4 is 17.2 Å². The fraction of sp³-hybridized carbons (Fsp3) is 0.407. The number of nitrogens with one attached hydrogen (secondary N) is 2. The van der Waals surface area contributed by atoms with Crippen molar-refractivity contribution in [1.29, 1.82) is 5.41 Å². The van der Waals surface area contributed by atoms with Gasteiger partial charge >= 0.3 is 0 Å². The molecule has 1 saturated heterocycles. The van der Waals surface area contributed by atoms with E-state index in [9.17, 15) is 4.39 Å². The third-order valence-electron chi connectivity index (χ3n) is 7.09. The second-order valence-electron chi connectivity index (χ2n) is 10.8. The van der Waals surface area contributed by atoms with Crippen molar-refractivity contribution in [2.75, 3.05) is 16.8 Å². The summed E-state index contributed by atoms with van der Waals surface area (Å²) in [7, 11) is 0. The zero-order valence-electron chi connectivity index (χ0n) is 20.0. The standard InChI is InChI=1S/C27H31FN6/c1-26(2)11-19-12-27(3,16-26)17-34(19)20-14-32-25(33-15-20)23(29)21-8-6-10-30-24(21)31-13-18-7-4-5-9-22(18)28/h4-10,14-15,19,29H,11-13,16-17H2,1-3H3,(H,30,31)/t19-,27-/m1/s1. The number of hydrogen-bond donors (Lipinski definition) is 2. The lowest BCUT2D eigenvalue weighted by Gasteiger charge is -2.39. The summed E-state index contributed by atoms with van der Waals surface area (Å²) in [5.41, 5.74) is 3.00. The molecule has 1 aliphatic carbocycles. The summed E-state index contributed by atoms with van der Waals surface area (Å²) < 4.78 is 14.0. The molecule has 34 heavy (non-hydrogen) atoms. The zero-order valence-corrected chi connectivity index (χ0v) is 20.0. The number of benzene rings is 1. The molecule has 7 heteroatoms. The van der Waals surface area contributed by atoms with Gasteiger partial charge in [0.1, 0.15) is 17.3 Å². The Bertz CT molecular complexity index is 1210. The topological polar surface area (TPSA) is 77.8 Å². The van der Waals surface area contributed by atoms with E-state index >= 15 is 0 Å². The number of aromatic nitrogens is 3. The van der Waals surface area contributed by atoms with Gasteiger partial charge in [-0.25, -0.2) is 19.3 Å². The van der Waals surface area contributed by atoms with Gasteiger partial charge in [0.15, 0.2) is 5.82 Å². The van der Waals surface area contributed by atoms with Crippen LogP contribution in [0.5, 0.6) is 0 Å². The summed E-state index contributed by atoms with van der Waals surface area (Å²) in [4.78, 5) is 15.9. The number of fused-ring (bicyclic) bond motifs is 2. The molecule has 2 aromatic heterocycles. The van der Waals surface area contributed by atoms with Gasteiger partial charge in [0.25, 0.3) is 0 Å². The maximum Gasteiger partial charge on any atom is 0.178 e. The first-order valence-corrected chi connectivity index (χ1v) is 11.8. The molecule has 3 aromatic rings. The minimum Gasteiger partial charge on any atom is -0.365 e. The Morgan fingerprint density at radius 2 is 1.85 bits per heavy atom. The summed E-state index contributed by atoms with van der Waals surface area (Å²) in [6, 6.07) is 10.7. The number of rotatable bonds is 6. The van der Waals surface area contributed by atoms with Crippen molar-refractivity contribution in [3.05, 3.63) is 77.8 Å². The van der Waals surface area contributed by atoms with E-state index in [1.54, 1.807) is 30.5 Å². The van der Waals surface area contributed by atoms with Crippen LogP contribution in [-0.2, 0) is 6.54 Å². The van der Waals surface area contributed by atoms with Gasteiger partial charge in [-0.15, -0.1) is 0 Å². The smallest absolute Gasteiger partial charge is 0.178 e. The van der Waals surface area contributed by atoms with Crippen molar-refractivity contribution < 1.29 is 4.39 Å². The Morgan fingerprint density at radius 3 is 2.62 bits per heavy atom. The molecule has 0 spiro atoms. The van der Waals surface area contributed by atoms with Crippen molar-refractivity contribution in [3.63, 3.8) is 0 Å². The molecule has 1 aliphatic heterocycles. The number of nitrogens with zero attached hydrogens (tertiary/aromatic N) is 4. The number of halogens is 1. The van der Waals surface area contributed by atoms with Gasteiger partial charge in [0, 0.05) is 36.5 Å². The Hall–Kier alpha value is -3.35. The molecule has 176 valence electrons. The molecule has 0 radical (unpaired) electrons. The maximum atomic E-state index is 14.0. The largest absolute Gasteiger partial charge is 0.365 e. The Balaban J connectivity index is 1.33. The molecule has 0 unspecified atom stereocenters. The van der Waals surface area contributed by atoms with Gasteiger partial charge in [-0.05, 0) is 48.3 Å². The number of anilines is 2. The fourth-order valence-electron chi connectivity index (χ4n) is 6.05. The van der Waals surface area contributed by atoms with Crippen molar-refractivity contribution in [1.82, 2.24) is 15.0 Å². The first-order valence-electron chi connectivity index (χ1n) is 11.8. The van der Waals surface area contributed by atoms with Crippen LogP contribution in [0.25, 0.3) is 0 Å². The Morgan fingerprint density at radius 1 is 1.09 bits per heavy atom. The van der Waals surface area contributed by atoms with Gasteiger partial charge in [0.05, 0.1) is 18.1 Å². The van der Waals surface area contributed by atoms with Crippen LogP contribution in [0.3, 0.4) is 0 Å². The molecule has 1 aromatic carbocycles. The lowest BCUT2D eigenvalue weighted by Crippen LogP contribution is -2.34. The molecular weight excluding hydrogens is 427 g/mol. The maximum absolute atomic E-state index is 14.0. The predicted octanol–water partition coefficient (Wildman–Crippen LogP) is 5.44. The van der Waals surface area contributed by atoms with Gasteiger partial charge in [-0.1, -0.05) is 39.0 Å². The molecule has 2 fully saturated rings. The van der Waals surface area contributed by atoms with Crippen molar-refractivity contribution in [2.45, 2.75) is 52.6 Å². The SMILES string of the molecule is CC1(C)C[C@@H]2C[C@@](C)(CN2c2cnc(C(=N)c3cccnc3NCc3ccccc3F)nc2)C1. The molecular formula is C27H31FN6. The predicted molar refractivity (Wildman–Crippen MR) is 133 cm³/mol. The average molecular weight is 459 g/mol.